The van der Waals surface area contributed by atoms with Gasteiger partial charge in [-0.15, -0.1) is 0 Å². The Balaban J connectivity index is 1.96. The molecule has 2 aromatic rings. The predicted octanol–water partition coefficient (Wildman–Crippen LogP) is 2.41. The molecule has 3 heteroatoms. The van der Waals surface area contributed by atoms with E-state index in [4.69, 9.17) is 5.26 Å². The van der Waals surface area contributed by atoms with Crippen LogP contribution in [0.25, 0.3) is 10.8 Å². The highest BCUT2D eigenvalue weighted by Gasteiger charge is 2.00. The lowest BCUT2D eigenvalue weighted by molar-refractivity contribution is -0.120. The molecule has 0 aromatic heterocycles. The second-order valence-electron chi connectivity index (χ2n) is 4.12. The summed E-state index contributed by atoms with van der Waals surface area (Å²) in [6, 6.07) is 16.3. The standard InChI is InChI=1S/C15H14N2O/c16-9-7-15(18)17-10-8-12-5-6-13-3-1-2-4-14(13)11-12/h1-6,11H,7-8,10H2,(H,17,18). The molecular formula is C15H14N2O. The molecule has 1 N–H and O–H groups in total. The van der Waals surface area contributed by atoms with Gasteiger partial charge in [-0.05, 0) is 22.8 Å². The number of nitrogens with one attached hydrogen (secondary N) is 1. The van der Waals surface area contributed by atoms with Crippen molar-refractivity contribution in [2.45, 2.75) is 12.8 Å². The highest BCUT2D eigenvalue weighted by atomic mass is 16.1. The summed E-state index contributed by atoms with van der Waals surface area (Å²) in [5.41, 5.74) is 1.19. The van der Waals surface area contributed by atoms with Crippen molar-refractivity contribution in [1.29, 1.82) is 5.26 Å². The minimum atomic E-state index is -0.210. The first-order valence-electron chi connectivity index (χ1n) is 5.91. The van der Waals surface area contributed by atoms with Crippen LogP contribution in [-0.2, 0) is 11.2 Å². The molecule has 90 valence electrons. The summed E-state index contributed by atoms with van der Waals surface area (Å²) < 4.78 is 0. The average molecular weight is 238 g/mol. The molecule has 0 spiro atoms. The van der Waals surface area contributed by atoms with Crippen molar-refractivity contribution in [2.75, 3.05) is 6.54 Å². The van der Waals surface area contributed by atoms with Gasteiger partial charge in [-0.1, -0.05) is 42.5 Å². The number of amides is 1. The molecule has 2 rings (SSSR count). The second-order valence-corrected chi connectivity index (χ2v) is 4.12. The molecule has 1 amide bonds. The smallest absolute Gasteiger partial charge is 0.234 e. The zero-order chi connectivity index (χ0) is 12.8. The van der Waals surface area contributed by atoms with Crippen LogP contribution < -0.4 is 5.32 Å². The van der Waals surface area contributed by atoms with Gasteiger partial charge in [0.2, 0.25) is 5.91 Å². The molecule has 0 atom stereocenters. The Morgan fingerprint density at radius 1 is 1.17 bits per heavy atom. The molecule has 0 aliphatic carbocycles. The predicted molar refractivity (Wildman–Crippen MR) is 70.9 cm³/mol. The zero-order valence-electron chi connectivity index (χ0n) is 10.0. The highest BCUT2D eigenvalue weighted by molar-refractivity contribution is 5.83. The third-order valence-electron chi connectivity index (χ3n) is 2.79. The van der Waals surface area contributed by atoms with E-state index in [1.54, 1.807) is 0 Å². The zero-order valence-corrected chi connectivity index (χ0v) is 10.0. The Bertz CT molecular complexity index is 599. The van der Waals surface area contributed by atoms with Crippen molar-refractivity contribution in [3.05, 3.63) is 48.0 Å². The topological polar surface area (TPSA) is 52.9 Å². The van der Waals surface area contributed by atoms with Gasteiger partial charge in [0.25, 0.3) is 0 Å². The van der Waals surface area contributed by atoms with Gasteiger partial charge in [0.05, 0.1) is 6.07 Å². The van der Waals surface area contributed by atoms with E-state index in [0.29, 0.717) is 6.54 Å². The number of rotatable bonds is 4. The van der Waals surface area contributed by atoms with Gasteiger partial charge < -0.3 is 5.32 Å². The summed E-state index contributed by atoms with van der Waals surface area (Å²) in [6.07, 6.45) is 0.708. The van der Waals surface area contributed by atoms with Crippen LogP contribution in [0.3, 0.4) is 0 Å². The van der Waals surface area contributed by atoms with Crippen molar-refractivity contribution in [1.82, 2.24) is 5.32 Å². The summed E-state index contributed by atoms with van der Waals surface area (Å²) in [5.74, 6) is -0.210. The summed E-state index contributed by atoms with van der Waals surface area (Å²) >= 11 is 0. The minimum Gasteiger partial charge on any atom is -0.355 e. The number of hydrogen-bond donors (Lipinski definition) is 1. The number of nitriles is 1. The fraction of sp³-hybridized carbons (Fsp3) is 0.200. The molecule has 3 nitrogen and oxygen atoms in total. The molecular weight excluding hydrogens is 224 g/mol. The maximum Gasteiger partial charge on any atom is 0.234 e. The summed E-state index contributed by atoms with van der Waals surface area (Å²) in [7, 11) is 0. The van der Waals surface area contributed by atoms with Gasteiger partial charge in [0, 0.05) is 6.54 Å². The fourth-order valence-electron chi connectivity index (χ4n) is 1.87. The lowest BCUT2D eigenvalue weighted by atomic mass is 10.1. The van der Waals surface area contributed by atoms with E-state index >= 15 is 0 Å². The Morgan fingerprint density at radius 3 is 2.72 bits per heavy atom. The first-order valence-corrected chi connectivity index (χ1v) is 5.91. The van der Waals surface area contributed by atoms with Crippen LogP contribution in [0.1, 0.15) is 12.0 Å². The molecule has 0 bridgehead atoms. The van der Waals surface area contributed by atoms with Crippen molar-refractivity contribution in [3.63, 3.8) is 0 Å². The Hall–Kier alpha value is -2.34. The lowest BCUT2D eigenvalue weighted by Gasteiger charge is -2.05. The molecule has 0 heterocycles. The van der Waals surface area contributed by atoms with Gasteiger partial charge in [-0.3, -0.25) is 4.79 Å². The monoisotopic (exact) mass is 238 g/mol. The molecule has 0 aliphatic heterocycles. The Morgan fingerprint density at radius 2 is 1.94 bits per heavy atom. The van der Waals surface area contributed by atoms with Crippen LogP contribution in [0.2, 0.25) is 0 Å². The molecule has 0 radical (unpaired) electrons. The van der Waals surface area contributed by atoms with Gasteiger partial charge in [0.1, 0.15) is 6.42 Å². The number of carbonyl (C=O) groups excluding carboxylic acids is 1. The lowest BCUT2D eigenvalue weighted by Crippen LogP contribution is -2.24. The van der Waals surface area contributed by atoms with Crippen LogP contribution in [0.15, 0.2) is 42.5 Å². The molecule has 18 heavy (non-hydrogen) atoms. The normalized spacial score (nSPS) is 9.94. The minimum absolute atomic E-state index is 0.0717. The molecule has 0 unspecified atom stereocenters. The van der Waals surface area contributed by atoms with Crippen LogP contribution in [0.5, 0.6) is 0 Å². The summed E-state index contributed by atoms with van der Waals surface area (Å²) in [5, 5.41) is 13.5. The number of carbonyl (C=O) groups is 1. The first-order chi connectivity index (χ1) is 8.79. The van der Waals surface area contributed by atoms with Crippen molar-refractivity contribution in [3.8, 4) is 6.07 Å². The van der Waals surface area contributed by atoms with E-state index < -0.39 is 0 Å². The molecule has 0 fully saturated rings. The maximum absolute atomic E-state index is 11.1. The van der Waals surface area contributed by atoms with Crippen LogP contribution in [0.4, 0.5) is 0 Å². The number of fused-ring (bicyclic) bond motifs is 1. The van der Waals surface area contributed by atoms with Crippen molar-refractivity contribution in [2.24, 2.45) is 0 Å². The van der Waals surface area contributed by atoms with Crippen molar-refractivity contribution >= 4 is 16.7 Å². The third-order valence-corrected chi connectivity index (χ3v) is 2.79. The largest absolute Gasteiger partial charge is 0.355 e. The van der Waals surface area contributed by atoms with Crippen LogP contribution >= 0.6 is 0 Å². The Kier molecular flexibility index (Phi) is 3.93. The van der Waals surface area contributed by atoms with Gasteiger partial charge in [0.15, 0.2) is 0 Å². The van der Waals surface area contributed by atoms with E-state index in [0.717, 1.165) is 6.42 Å². The summed E-state index contributed by atoms with van der Waals surface area (Å²) in [4.78, 5) is 11.1. The van der Waals surface area contributed by atoms with E-state index in [9.17, 15) is 4.79 Å². The molecule has 0 aliphatic rings. The second kappa shape index (κ2) is 5.83. The maximum atomic E-state index is 11.1. The van der Waals surface area contributed by atoms with E-state index in [1.807, 2.05) is 18.2 Å². The van der Waals surface area contributed by atoms with Crippen LogP contribution in [0, 0.1) is 11.3 Å². The third kappa shape index (κ3) is 3.08. The quantitative estimate of drug-likeness (QED) is 0.889. The van der Waals surface area contributed by atoms with Crippen LogP contribution in [-0.4, -0.2) is 12.5 Å². The van der Waals surface area contributed by atoms with E-state index in [1.165, 1.54) is 16.3 Å². The number of nitrogens with zero attached hydrogens (tertiary/aromatic N) is 1. The van der Waals surface area contributed by atoms with Gasteiger partial charge in [-0.2, -0.15) is 5.26 Å². The average Bonchev–Trinajstić information content (AvgIpc) is 2.39. The van der Waals surface area contributed by atoms with Gasteiger partial charge >= 0.3 is 0 Å². The van der Waals surface area contributed by atoms with E-state index in [-0.39, 0.29) is 12.3 Å². The van der Waals surface area contributed by atoms with Crippen molar-refractivity contribution < 1.29 is 4.79 Å². The number of benzene rings is 2. The molecule has 0 saturated carbocycles. The number of hydrogen-bond acceptors (Lipinski definition) is 2. The molecule has 2 aromatic carbocycles. The molecule has 0 saturated heterocycles. The SMILES string of the molecule is N#CCC(=O)NCCc1ccc2ccccc2c1. The van der Waals surface area contributed by atoms with E-state index in [2.05, 4.69) is 35.6 Å². The fourth-order valence-corrected chi connectivity index (χ4v) is 1.87. The Labute approximate surface area is 106 Å². The summed E-state index contributed by atoms with van der Waals surface area (Å²) in [6.45, 7) is 0.568. The highest BCUT2D eigenvalue weighted by Crippen LogP contribution is 2.15. The van der Waals surface area contributed by atoms with Gasteiger partial charge in [-0.25, -0.2) is 0 Å². The first kappa shape index (κ1) is 12.1.